The van der Waals surface area contributed by atoms with Gasteiger partial charge < -0.3 is 5.73 Å². The first-order chi connectivity index (χ1) is 6.25. The van der Waals surface area contributed by atoms with Crippen LogP contribution < -0.4 is 5.73 Å². The van der Waals surface area contributed by atoms with E-state index in [2.05, 4.69) is 25.6 Å². The molecule has 1 rings (SSSR count). The van der Waals surface area contributed by atoms with Gasteiger partial charge in [-0.05, 0) is 30.5 Å². The number of nitrogens with two attached hydrogens (primary N) is 1. The molecule has 0 radical (unpaired) electrons. The minimum Gasteiger partial charge on any atom is -0.398 e. The maximum absolute atomic E-state index is 5.83. The normalized spacial score (nSPS) is 10.5. The molecule has 0 fully saturated rings. The van der Waals surface area contributed by atoms with E-state index in [0.717, 1.165) is 17.7 Å². The molecule has 0 heterocycles. The molecule has 0 spiro atoms. The predicted octanol–water partition coefficient (Wildman–Crippen LogP) is 3.17. The predicted molar refractivity (Wildman–Crippen MR) is 59.4 cm³/mol. The molecule has 0 aromatic heterocycles. The van der Waals surface area contributed by atoms with E-state index in [9.17, 15) is 0 Å². The van der Waals surface area contributed by atoms with Crippen LogP contribution in [0.4, 0.5) is 5.69 Å². The van der Waals surface area contributed by atoms with Crippen LogP contribution in [0.1, 0.15) is 17.5 Å². The topological polar surface area (TPSA) is 26.0 Å². The largest absolute Gasteiger partial charge is 0.398 e. The third-order valence-corrected chi connectivity index (χ3v) is 1.95. The summed E-state index contributed by atoms with van der Waals surface area (Å²) < 4.78 is 0. The Kier molecular flexibility index (Phi) is 3.32. The number of rotatable bonds is 3. The molecule has 1 aromatic rings. The molecule has 0 unspecified atom stereocenters. The van der Waals surface area contributed by atoms with Crippen LogP contribution in [0.25, 0.3) is 6.08 Å². The number of hydrogen-bond acceptors (Lipinski definition) is 1. The molecule has 13 heavy (non-hydrogen) atoms. The quantitative estimate of drug-likeness (QED) is 0.551. The Morgan fingerprint density at radius 3 is 2.85 bits per heavy atom. The highest BCUT2D eigenvalue weighted by atomic mass is 14.6. The van der Waals surface area contributed by atoms with Crippen molar-refractivity contribution in [3.63, 3.8) is 0 Å². The van der Waals surface area contributed by atoms with Crippen molar-refractivity contribution in [3.8, 4) is 0 Å². The minimum atomic E-state index is 0.834. The monoisotopic (exact) mass is 173 g/mol. The average molecular weight is 173 g/mol. The molecule has 0 saturated heterocycles. The summed E-state index contributed by atoms with van der Waals surface area (Å²) >= 11 is 0. The third kappa shape index (κ3) is 2.48. The molecular formula is C12H15N. The van der Waals surface area contributed by atoms with E-state index < -0.39 is 0 Å². The molecule has 1 nitrogen and oxygen atoms in total. The molecule has 0 aliphatic carbocycles. The minimum absolute atomic E-state index is 0.834. The zero-order valence-corrected chi connectivity index (χ0v) is 7.96. The summed E-state index contributed by atoms with van der Waals surface area (Å²) in [5, 5.41) is 0. The fourth-order valence-corrected chi connectivity index (χ4v) is 1.21. The van der Waals surface area contributed by atoms with E-state index in [-0.39, 0.29) is 0 Å². The molecular weight excluding hydrogens is 158 g/mol. The van der Waals surface area contributed by atoms with Gasteiger partial charge in [0, 0.05) is 5.69 Å². The van der Waals surface area contributed by atoms with Crippen molar-refractivity contribution in [3.05, 3.63) is 48.1 Å². The second-order valence-electron chi connectivity index (χ2n) is 3.00. The maximum atomic E-state index is 5.83. The van der Waals surface area contributed by atoms with Gasteiger partial charge in [0.2, 0.25) is 0 Å². The van der Waals surface area contributed by atoms with Gasteiger partial charge in [0.15, 0.2) is 0 Å². The van der Waals surface area contributed by atoms with Crippen LogP contribution in [-0.2, 0) is 0 Å². The number of nitrogen functional groups attached to an aromatic ring is 1. The summed E-state index contributed by atoms with van der Waals surface area (Å²) in [4.78, 5) is 0. The van der Waals surface area contributed by atoms with Crippen LogP contribution in [0.3, 0.4) is 0 Å². The lowest BCUT2D eigenvalue weighted by atomic mass is 10.1. The van der Waals surface area contributed by atoms with Gasteiger partial charge in [-0.15, -0.1) is 6.58 Å². The highest BCUT2D eigenvalue weighted by molar-refractivity contribution is 5.67. The molecule has 0 saturated carbocycles. The fraction of sp³-hybridized carbons (Fsp3) is 0.167. The van der Waals surface area contributed by atoms with Crippen LogP contribution in [-0.4, -0.2) is 0 Å². The molecule has 2 N–H and O–H groups in total. The lowest BCUT2D eigenvalue weighted by molar-refractivity contribution is 1.40. The number of aryl methyl sites for hydroxylation is 1. The Morgan fingerprint density at radius 2 is 2.23 bits per heavy atom. The van der Waals surface area contributed by atoms with Crippen molar-refractivity contribution in [2.24, 2.45) is 0 Å². The summed E-state index contributed by atoms with van der Waals surface area (Å²) in [6, 6.07) is 5.94. The van der Waals surface area contributed by atoms with Gasteiger partial charge in [-0.3, -0.25) is 0 Å². The SMILES string of the molecule is C=CC/C=C\c1c(C)cccc1N. The van der Waals surface area contributed by atoms with Crippen molar-refractivity contribution < 1.29 is 0 Å². The molecule has 0 aliphatic rings. The Balaban J connectivity index is 2.92. The number of benzene rings is 1. The van der Waals surface area contributed by atoms with E-state index in [0.29, 0.717) is 0 Å². The third-order valence-electron chi connectivity index (χ3n) is 1.95. The highest BCUT2D eigenvalue weighted by Gasteiger charge is 1.96. The Morgan fingerprint density at radius 1 is 1.46 bits per heavy atom. The summed E-state index contributed by atoms with van der Waals surface area (Å²) in [5.41, 5.74) is 8.98. The average Bonchev–Trinajstić information content (AvgIpc) is 2.10. The van der Waals surface area contributed by atoms with Crippen molar-refractivity contribution >= 4 is 11.8 Å². The van der Waals surface area contributed by atoms with Crippen LogP contribution in [0.5, 0.6) is 0 Å². The zero-order chi connectivity index (χ0) is 9.68. The molecule has 1 heteroatoms. The number of anilines is 1. The van der Waals surface area contributed by atoms with Crippen molar-refractivity contribution in [2.45, 2.75) is 13.3 Å². The highest BCUT2D eigenvalue weighted by Crippen LogP contribution is 2.17. The first-order valence-corrected chi connectivity index (χ1v) is 4.38. The van der Waals surface area contributed by atoms with Gasteiger partial charge in [-0.1, -0.05) is 30.4 Å². The number of hydrogen-bond donors (Lipinski definition) is 1. The fourth-order valence-electron chi connectivity index (χ4n) is 1.21. The summed E-state index contributed by atoms with van der Waals surface area (Å²) in [6.07, 6.45) is 6.86. The molecule has 0 amide bonds. The lowest BCUT2D eigenvalue weighted by Gasteiger charge is -2.03. The van der Waals surface area contributed by atoms with Gasteiger partial charge >= 0.3 is 0 Å². The molecule has 0 bridgehead atoms. The van der Waals surface area contributed by atoms with Crippen LogP contribution in [0.15, 0.2) is 36.9 Å². The summed E-state index contributed by atoms with van der Waals surface area (Å²) in [5.74, 6) is 0. The van der Waals surface area contributed by atoms with E-state index >= 15 is 0 Å². The first kappa shape index (κ1) is 9.59. The van der Waals surface area contributed by atoms with Gasteiger partial charge in [-0.2, -0.15) is 0 Å². The zero-order valence-electron chi connectivity index (χ0n) is 7.96. The Labute approximate surface area is 79.6 Å². The van der Waals surface area contributed by atoms with Gasteiger partial charge in [0.05, 0.1) is 0 Å². The lowest BCUT2D eigenvalue weighted by Crippen LogP contribution is -1.91. The van der Waals surface area contributed by atoms with Crippen LogP contribution in [0, 0.1) is 6.92 Å². The molecule has 0 aliphatic heterocycles. The van der Waals surface area contributed by atoms with Crippen molar-refractivity contribution in [1.29, 1.82) is 0 Å². The van der Waals surface area contributed by atoms with Crippen molar-refractivity contribution in [1.82, 2.24) is 0 Å². The standard InChI is InChI=1S/C12H15N/c1-3-4-5-8-11-10(2)7-6-9-12(11)13/h3,5-9H,1,4,13H2,2H3/b8-5-. The van der Waals surface area contributed by atoms with Gasteiger partial charge in [0.1, 0.15) is 0 Å². The van der Waals surface area contributed by atoms with Gasteiger partial charge in [0.25, 0.3) is 0 Å². The Bertz CT molecular complexity index is 304. The van der Waals surface area contributed by atoms with E-state index in [4.69, 9.17) is 5.73 Å². The molecule has 68 valence electrons. The van der Waals surface area contributed by atoms with Crippen molar-refractivity contribution in [2.75, 3.05) is 5.73 Å². The van der Waals surface area contributed by atoms with E-state index in [1.165, 1.54) is 5.56 Å². The van der Waals surface area contributed by atoms with E-state index in [1.54, 1.807) is 0 Å². The maximum Gasteiger partial charge on any atom is 0.0390 e. The summed E-state index contributed by atoms with van der Waals surface area (Å²) in [6.45, 7) is 5.71. The second kappa shape index (κ2) is 4.51. The smallest absolute Gasteiger partial charge is 0.0390 e. The molecule has 1 aromatic carbocycles. The summed E-state index contributed by atoms with van der Waals surface area (Å²) in [7, 11) is 0. The van der Waals surface area contributed by atoms with Gasteiger partial charge in [-0.25, -0.2) is 0 Å². The van der Waals surface area contributed by atoms with Crippen LogP contribution >= 0.6 is 0 Å². The molecule has 0 atom stereocenters. The second-order valence-corrected chi connectivity index (χ2v) is 3.00. The van der Waals surface area contributed by atoms with Crippen LogP contribution in [0.2, 0.25) is 0 Å². The first-order valence-electron chi connectivity index (χ1n) is 4.38. The number of allylic oxidation sites excluding steroid dienone is 2. The Hall–Kier alpha value is -1.50. The van der Waals surface area contributed by atoms with E-state index in [1.807, 2.05) is 24.3 Å².